The molecule has 0 amide bonds. The molecule has 0 radical (unpaired) electrons. The Morgan fingerprint density at radius 1 is 1.33 bits per heavy atom. The third kappa shape index (κ3) is 2.38. The van der Waals surface area contributed by atoms with Gasteiger partial charge in [-0.05, 0) is 42.7 Å². The summed E-state index contributed by atoms with van der Waals surface area (Å²) in [5, 5.41) is 0. The minimum atomic E-state index is -0.697. The van der Waals surface area contributed by atoms with Crippen molar-refractivity contribution in [3.8, 4) is 0 Å². The van der Waals surface area contributed by atoms with E-state index in [1.54, 1.807) is 12.1 Å². The Bertz CT molecular complexity index is 486. The highest BCUT2D eigenvalue weighted by Gasteiger charge is 2.18. The lowest BCUT2D eigenvalue weighted by Crippen LogP contribution is -2.05. The Kier molecular flexibility index (Phi) is 3.95. The van der Waals surface area contributed by atoms with Gasteiger partial charge in [-0.3, -0.25) is 0 Å². The van der Waals surface area contributed by atoms with Gasteiger partial charge in [0.05, 0.1) is 0 Å². The fourth-order valence-corrected chi connectivity index (χ4v) is 2.42. The summed E-state index contributed by atoms with van der Waals surface area (Å²) in [6.07, 6.45) is 7.09. The molecule has 1 atom stereocenters. The van der Waals surface area contributed by atoms with Crippen LogP contribution in [0.5, 0.6) is 0 Å². The van der Waals surface area contributed by atoms with Crippen molar-refractivity contribution < 1.29 is 8.78 Å². The van der Waals surface area contributed by atoms with Gasteiger partial charge in [0.25, 0.3) is 0 Å². The van der Waals surface area contributed by atoms with E-state index < -0.39 is 11.6 Å². The molecule has 96 valence electrons. The molecule has 0 bridgehead atoms. The van der Waals surface area contributed by atoms with Gasteiger partial charge >= 0.3 is 0 Å². The lowest BCUT2D eigenvalue weighted by atomic mass is 9.86. The van der Waals surface area contributed by atoms with E-state index in [4.69, 9.17) is 0 Å². The SMILES string of the molecule is C=CC1CC=C(c2ccc(CC)c(F)c2F)CC1. The molecule has 1 unspecified atom stereocenters. The van der Waals surface area contributed by atoms with E-state index in [9.17, 15) is 8.78 Å². The molecule has 1 aromatic carbocycles. The summed E-state index contributed by atoms with van der Waals surface area (Å²) < 4.78 is 27.7. The average Bonchev–Trinajstić information content (AvgIpc) is 2.42. The van der Waals surface area contributed by atoms with Crippen LogP contribution in [0.25, 0.3) is 5.57 Å². The van der Waals surface area contributed by atoms with Crippen LogP contribution in [0.4, 0.5) is 8.78 Å². The molecule has 0 N–H and O–H groups in total. The minimum absolute atomic E-state index is 0.423. The standard InChI is InChI=1S/C16H18F2/c1-3-11-5-7-13(8-6-11)14-10-9-12(4-2)15(17)16(14)18/h3,7,9-11H,1,4-6,8H2,2H3. The highest BCUT2D eigenvalue weighted by Crippen LogP contribution is 2.33. The molecule has 0 aliphatic heterocycles. The number of halogens is 2. The van der Waals surface area contributed by atoms with Gasteiger partial charge in [0.2, 0.25) is 0 Å². The Morgan fingerprint density at radius 2 is 2.11 bits per heavy atom. The van der Waals surface area contributed by atoms with Gasteiger partial charge in [0, 0.05) is 5.56 Å². The van der Waals surface area contributed by atoms with Crippen molar-refractivity contribution in [3.63, 3.8) is 0 Å². The molecule has 1 aromatic rings. The summed E-state index contributed by atoms with van der Waals surface area (Å²) in [5.41, 5.74) is 1.79. The molecule has 0 aromatic heterocycles. The number of benzene rings is 1. The van der Waals surface area contributed by atoms with Crippen molar-refractivity contribution >= 4 is 5.57 Å². The molecule has 0 saturated carbocycles. The zero-order chi connectivity index (χ0) is 13.1. The van der Waals surface area contributed by atoms with Gasteiger partial charge in [-0.25, -0.2) is 8.78 Å². The van der Waals surface area contributed by atoms with E-state index >= 15 is 0 Å². The molecule has 2 heteroatoms. The van der Waals surface area contributed by atoms with Crippen molar-refractivity contribution in [2.75, 3.05) is 0 Å². The fraction of sp³-hybridized carbons (Fsp3) is 0.375. The topological polar surface area (TPSA) is 0 Å². The summed E-state index contributed by atoms with van der Waals surface area (Å²) >= 11 is 0. The third-order valence-corrected chi connectivity index (χ3v) is 3.67. The first-order chi connectivity index (χ1) is 8.67. The number of aryl methyl sites for hydroxylation is 1. The van der Waals surface area contributed by atoms with Crippen molar-refractivity contribution in [2.45, 2.75) is 32.6 Å². The molecule has 18 heavy (non-hydrogen) atoms. The lowest BCUT2D eigenvalue weighted by Gasteiger charge is -2.20. The third-order valence-electron chi connectivity index (χ3n) is 3.67. The van der Waals surface area contributed by atoms with Crippen molar-refractivity contribution in [3.05, 3.63) is 53.6 Å². The maximum atomic E-state index is 14.0. The molecule has 0 heterocycles. The second-order valence-electron chi connectivity index (χ2n) is 4.75. The largest absolute Gasteiger partial charge is 0.203 e. The molecule has 1 aliphatic carbocycles. The predicted octanol–water partition coefficient (Wildman–Crippen LogP) is 4.90. The molecule has 2 rings (SSSR count). The quantitative estimate of drug-likeness (QED) is 0.668. The van der Waals surface area contributed by atoms with E-state index in [-0.39, 0.29) is 0 Å². The first kappa shape index (κ1) is 13.0. The molecule has 0 saturated heterocycles. The van der Waals surface area contributed by atoms with E-state index in [1.165, 1.54) is 0 Å². The van der Waals surface area contributed by atoms with Gasteiger partial charge in [-0.15, -0.1) is 6.58 Å². The molecule has 1 aliphatic rings. The summed E-state index contributed by atoms with van der Waals surface area (Å²) in [4.78, 5) is 0. The predicted molar refractivity (Wildman–Crippen MR) is 71.3 cm³/mol. The second-order valence-corrected chi connectivity index (χ2v) is 4.75. The van der Waals surface area contributed by atoms with Gasteiger partial charge in [-0.2, -0.15) is 0 Å². The number of rotatable bonds is 3. The van der Waals surface area contributed by atoms with Crippen LogP contribution in [0.3, 0.4) is 0 Å². The van der Waals surface area contributed by atoms with Gasteiger partial charge in [-0.1, -0.05) is 31.2 Å². The van der Waals surface area contributed by atoms with E-state index in [1.807, 2.05) is 19.1 Å². The smallest absolute Gasteiger partial charge is 0.166 e. The van der Waals surface area contributed by atoms with Gasteiger partial charge in [0.15, 0.2) is 11.6 Å². The van der Waals surface area contributed by atoms with Crippen LogP contribution >= 0.6 is 0 Å². The summed E-state index contributed by atoms with van der Waals surface area (Å²) in [5.74, 6) is -0.920. The van der Waals surface area contributed by atoms with Crippen molar-refractivity contribution in [1.82, 2.24) is 0 Å². The summed E-state index contributed by atoms with van der Waals surface area (Å²) in [6, 6.07) is 3.39. The monoisotopic (exact) mass is 248 g/mol. The normalized spacial score (nSPS) is 19.5. The summed E-state index contributed by atoms with van der Waals surface area (Å²) in [7, 11) is 0. The molecular weight excluding hydrogens is 230 g/mol. The molecular formula is C16H18F2. The van der Waals surface area contributed by atoms with Crippen LogP contribution in [-0.2, 0) is 6.42 Å². The Morgan fingerprint density at radius 3 is 2.67 bits per heavy atom. The summed E-state index contributed by atoms with van der Waals surface area (Å²) in [6.45, 7) is 5.60. The van der Waals surface area contributed by atoms with Crippen LogP contribution in [0.2, 0.25) is 0 Å². The Labute approximate surface area is 107 Å². The zero-order valence-electron chi connectivity index (χ0n) is 10.7. The molecule has 0 nitrogen and oxygen atoms in total. The number of allylic oxidation sites excluding steroid dienone is 3. The van der Waals surface area contributed by atoms with Gasteiger partial charge in [0.1, 0.15) is 0 Å². The van der Waals surface area contributed by atoms with Crippen molar-refractivity contribution in [1.29, 1.82) is 0 Å². The maximum absolute atomic E-state index is 14.0. The number of hydrogen-bond donors (Lipinski definition) is 0. The van der Waals surface area contributed by atoms with Crippen LogP contribution in [0.15, 0.2) is 30.9 Å². The zero-order valence-corrected chi connectivity index (χ0v) is 10.7. The van der Waals surface area contributed by atoms with Crippen molar-refractivity contribution in [2.24, 2.45) is 5.92 Å². The molecule has 0 spiro atoms. The van der Waals surface area contributed by atoms with E-state index in [0.717, 1.165) is 24.8 Å². The second kappa shape index (κ2) is 5.47. The maximum Gasteiger partial charge on any atom is 0.166 e. The highest BCUT2D eigenvalue weighted by atomic mass is 19.2. The van der Waals surface area contributed by atoms with Crippen LogP contribution in [0.1, 0.15) is 37.3 Å². The Balaban J connectivity index is 2.32. The van der Waals surface area contributed by atoms with E-state index in [2.05, 4.69) is 6.58 Å². The Hall–Kier alpha value is -1.44. The fourth-order valence-electron chi connectivity index (χ4n) is 2.42. The highest BCUT2D eigenvalue weighted by molar-refractivity contribution is 5.67. The first-order valence-corrected chi connectivity index (χ1v) is 6.46. The van der Waals surface area contributed by atoms with Crippen LogP contribution < -0.4 is 0 Å². The van der Waals surface area contributed by atoms with Crippen LogP contribution in [-0.4, -0.2) is 0 Å². The van der Waals surface area contributed by atoms with Gasteiger partial charge < -0.3 is 0 Å². The van der Waals surface area contributed by atoms with E-state index in [0.29, 0.717) is 23.5 Å². The van der Waals surface area contributed by atoms with Crippen LogP contribution in [0, 0.1) is 17.6 Å². The number of hydrogen-bond acceptors (Lipinski definition) is 0. The average molecular weight is 248 g/mol. The molecule has 0 fully saturated rings. The minimum Gasteiger partial charge on any atom is -0.203 e. The lowest BCUT2D eigenvalue weighted by molar-refractivity contribution is 0.496. The first-order valence-electron chi connectivity index (χ1n) is 6.46.